The molecule has 6 nitrogen and oxygen atoms in total. The molecule has 6 heteroatoms. The first-order chi connectivity index (χ1) is 16.1. The normalized spacial score (nSPS) is 15.8. The van der Waals surface area contributed by atoms with Gasteiger partial charge in [0.25, 0.3) is 0 Å². The number of ether oxygens (including phenoxy) is 1. The lowest BCUT2D eigenvalue weighted by Gasteiger charge is -2.33. The average molecular weight is 448 g/mol. The van der Waals surface area contributed by atoms with E-state index in [2.05, 4.69) is 77.6 Å². The largest absolute Gasteiger partial charge is 0.383 e. The number of imidazole rings is 1. The Kier molecular flexibility index (Phi) is 7.91. The Morgan fingerprint density at radius 2 is 1.73 bits per heavy atom. The molecule has 0 bridgehead atoms. The number of hydrogen-bond acceptors (Lipinski definition) is 5. The minimum atomic E-state index is 0.799. The Bertz CT molecular complexity index is 1080. The van der Waals surface area contributed by atoms with Gasteiger partial charge < -0.3 is 9.30 Å². The van der Waals surface area contributed by atoms with Gasteiger partial charge >= 0.3 is 0 Å². The number of aryl methyl sites for hydroxylation is 3. The number of benzene rings is 1. The van der Waals surface area contributed by atoms with E-state index < -0.39 is 0 Å². The third-order valence-corrected chi connectivity index (χ3v) is 6.49. The van der Waals surface area contributed by atoms with Gasteiger partial charge in [0.2, 0.25) is 0 Å². The number of hydrogen-bond donors (Lipinski definition) is 0. The highest BCUT2D eigenvalue weighted by Gasteiger charge is 2.15. The maximum absolute atomic E-state index is 5.19. The van der Waals surface area contributed by atoms with Crippen molar-refractivity contribution in [2.45, 2.75) is 33.7 Å². The molecular weight excluding hydrogens is 410 g/mol. The number of piperazine rings is 1. The summed E-state index contributed by atoms with van der Waals surface area (Å²) in [6, 6.07) is 11.0. The van der Waals surface area contributed by atoms with Crippen molar-refractivity contribution in [3.8, 4) is 0 Å². The maximum Gasteiger partial charge on any atom is 0.160 e. The molecule has 0 radical (unpaired) electrons. The van der Waals surface area contributed by atoms with Gasteiger partial charge in [-0.15, -0.1) is 0 Å². The fourth-order valence-corrected chi connectivity index (χ4v) is 4.55. The summed E-state index contributed by atoms with van der Waals surface area (Å²) in [7, 11) is 1.77. The molecule has 0 spiro atoms. The van der Waals surface area contributed by atoms with Gasteiger partial charge in [0.1, 0.15) is 11.3 Å². The molecule has 33 heavy (non-hydrogen) atoms. The number of aromatic nitrogens is 3. The summed E-state index contributed by atoms with van der Waals surface area (Å²) >= 11 is 0. The summed E-state index contributed by atoms with van der Waals surface area (Å²) in [6.07, 6.45) is 5.42. The minimum absolute atomic E-state index is 0.799. The molecule has 0 atom stereocenters. The van der Waals surface area contributed by atoms with Crippen LogP contribution in [0.4, 0.5) is 0 Å². The van der Waals surface area contributed by atoms with Gasteiger partial charge in [-0.2, -0.15) is 0 Å². The van der Waals surface area contributed by atoms with Crippen LogP contribution in [0.25, 0.3) is 17.2 Å². The molecule has 0 saturated carbocycles. The first-order valence-electron chi connectivity index (χ1n) is 12.1. The minimum Gasteiger partial charge on any atom is -0.383 e. The molecule has 0 aliphatic carbocycles. The van der Waals surface area contributed by atoms with Gasteiger partial charge in [-0.1, -0.05) is 43.3 Å². The van der Waals surface area contributed by atoms with Crippen LogP contribution >= 0.6 is 0 Å². The van der Waals surface area contributed by atoms with Crippen LogP contribution in [0.1, 0.15) is 35.1 Å². The number of fused-ring (bicyclic) bond motifs is 1. The fraction of sp³-hybridized carbons (Fsp3) is 0.481. The van der Waals surface area contributed by atoms with Crippen molar-refractivity contribution in [2.75, 3.05) is 53.0 Å². The average Bonchev–Trinajstić information content (AvgIpc) is 3.17. The summed E-state index contributed by atoms with van der Waals surface area (Å²) in [6.45, 7) is 14.5. The van der Waals surface area contributed by atoms with Crippen LogP contribution in [0, 0.1) is 13.8 Å². The van der Waals surface area contributed by atoms with Crippen LogP contribution in [-0.4, -0.2) is 77.3 Å². The van der Waals surface area contributed by atoms with Crippen molar-refractivity contribution in [3.05, 3.63) is 64.6 Å². The summed E-state index contributed by atoms with van der Waals surface area (Å²) < 4.78 is 7.46. The van der Waals surface area contributed by atoms with Gasteiger partial charge in [0.15, 0.2) is 5.65 Å². The Hall–Kier alpha value is -2.54. The first kappa shape index (κ1) is 23.6. The number of rotatable bonds is 9. The van der Waals surface area contributed by atoms with E-state index in [1.54, 1.807) is 7.11 Å². The molecule has 3 aromatic rings. The number of nitrogens with zero attached hydrogens (tertiary/aromatic N) is 5. The molecular formula is C27H37N5O. The predicted molar refractivity (Wildman–Crippen MR) is 136 cm³/mol. The summed E-state index contributed by atoms with van der Waals surface area (Å²) in [5.41, 5.74) is 6.78. The van der Waals surface area contributed by atoms with E-state index in [0.29, 0.717) is 0 Å². The Morgan fingerprint density at radius 3 is 2.42 bits per heavy atom. The van der Waals surface area contributed by atoms with Crippen molar-refractivity contribution in [3.63, 3.8) is 0 Å². The van der Waals surface area contributed by atoms with Crippen molar-refractivity contribution in [2.24, 2.45) is 0 Å². The molecule has 0 unspecified atom stereocenters. The van der Waals surface area contributed by atoms with Crippen molar-refractivity contribution < 1.29 is 4.74 Å². The van der Waals surface area contributed by atoms with E-state index >= 15 is 0 Å². The third-order valence-electron chi connectivity index (χ3n) is 6.49. The van der Waals surface area contributed by atoms with Crippen molar-refractivity contribution in [1.82, 2.24) is 24.3 Å². The summed E-state index contributed by atoms with van der Waals surface area (Å²) in [5, 5.41) is 0. The molecule has 176 valence electrons. The van der Waals surface area contributed by atoms with E-state index in [0.717, 1.165) is 81.5 Å². The zero-order valence-corrected chi connectivity index (χ0v) is 20.5. The molecule has 1 aliphatic rings. The Balaban J connectivity index is 1.36. The SMILES string of the molecule is CCc1nc2c(C)cc(C)nc2n1Cc1ccc(C=CCN2CCN(CCOC)CC2)cc1. The smallest absolute Gasteiger partial charge is 0.160 e. The first-order valence-corrected chi connectivity index (χ1v) is 12.1. The topological polar surface area (TPSA) is 46.4 Å². The Labute approximate surface area is 197 Å². The van der Waals surface area contributed by atoms with Gasteiger partial charge in [-0.05, 0) is 36.6 Å². The maximum atomic E-state index is 5.19. The van der Waals surface area contributed by atoms with Gasteiger partial charge in [0.05, 0.1) is 13.2 Å². The molecule has 2 aromatic heterocycles. The molecule has 0 amide bonds. The Morgan fingerprint density at radius 1 is 1.00 bits per heavy atom. The van der Waals surface area contributed by atoms with Gasteiger partial charge in [-0.3, -0.25) is 9.80 Å². The third kappa shape index (κ3) is 5.88. The van der Waals surface area contributed by atoms with E-state index in [-0.39, 0.29) is 0 Å². The molecule has 1 saturated heterocycles. The number of methoxy groups -OCH3 is 1. The van der Waals surface area contributed by atoms with Gasteiger partial charge in [-0.25, -0.2) is 9.97 Å². The lowest BCUT2D eigenvalue weighted by Crippen LogP contribution is -2.47. The van der Waals surface area contributed by atoms with Crippen LogP contribution in [0.2, 0.25) is 0 Å². The summed E-state index contributed by atoms with van der Waals surface area (Å²) in [4.78, 5) is 14.7. The predicted octanol–water partition coefficient (Wildman–Crippen LogP) is 3.94. The molecule has 1 aromatic carbocycles. The molecule has 1 aliphatic heterocycles. The lowest BCUT2D eigenvalue weighted by atomic mass is 10.1. The second kappa shape index (κ2) is 11.1. The van der Waals surface area contributed by atoms with Crippen molar-refractivity contribution in [1.29, 1.82) is 0 Å². The molecule has 1 fully saturated rings. The fourth-order valence-electron chi connectivity index (χ4n) is 4.55. The zero-order valence-electron chi connectivity index (χ0n) is 20.5. The number of pyridine rings is 1. The van der Waals surface area contributed by atoms with E-state index in [1.165, 1.54) is 16.7 Å². The van der Waals surface area contributed by atoms with E-state index in [9.17, 15) is 0 Å². The van der Waals surface area contributed by atoms with Gasteiger partial charge in [0, 0.05) is 58.5 Å². The van der Waals surface area contributed by atoms with Crippen LogP contribution in [0.3, 0.4) is 0 Å². The monoisotopic (exact) mass is 447 g/mol. The highest BCUT2D eigenvalue weighted by Crippen LogP contribution is 2.21. The summed E-state index contributed by atoms with van der Waals surface area (Å²) in [5.74, 6) is 1.09. The molecule has 4 rings (SSSR count). The highest BCUT2D eigenvalue weighted by molar-refractivity contribution is 5.76. The second-order valence-electron chi connectivity index (χ2n) is 9.00. The van der Waals surface area contributed by atoms with Crippen LogP contribution in [0.15, 0.2) is 36.4 Å². The standard InChI is InChI=1S/C27H37N5O/c1-5-25-29-26-21(2)19-22(3)28-27(26)32(25)20-24-10-8-23(9-11-24)7-6-12-30-13-15-31(16-14-30)17-18-33-4/h6-11,19H,5,12-18,20H2,1-4H3. The molecule has 3 heterocycles. The van der Waals surface area contributed by atoms with E-state index in [1.807, 2.05) is 0 Å². The van der Waals surface area contributed by atoms with Crippen LogP contribution < -0.4 is 0 Å². The zero-order chi connectivity index (χ0) is 23.2. The van der Waals surface area contributed by atoms with E-state index in [4.69, 9.17) is 14.7 Å². The van der Waals surface area contributed by atoms with Crippen LogP contribution in [0.5, 0.6) is 0 Å². The lowest BCUT2D eigenvalue weighted by molar-refractivity contribution is 0.102. The quantitative estimate of drug-likeness (QED) is 0.497. The van der Waals surface area contributed by atoms with Crippen molar-refractivity contribution >= 4 is 17.2 Å². The second-order valence-corrected chi connectivity index (χ2v) is 9.00. The van der Waals surface area contributed by atoms with Crippen LogP contribution in [-0.2, 0) is 17.7 Å². The highest BCUT2D eigenvalue weighted by atomic mass is 16.5. The molecule has 0 N–H and O–H groups in total.